The van der Waals surface area contributed by atoms with Gasteiger partial charge in [0.15, 0.2) is 0 Å². The largest absolute Gasteiger partial charge is 0.497 e. The van der Waals surface area contributed by atoms with Crippen LogP contribution in [-0.2, 0) is 11.2 Å². The summed E-state index contributed by atoms with van der Waals surface area (Å²) in [4.78, 5) is 26.4. The summed E-state index contributed by atoms with van der Waals surface area (Å²) in [5.41, 5.74) is 1.88. The molecule has 3 amide bonds. The predicted molar refractivity (Wildman–Crippen MR) is 110 cm³/mol. The standard InChI is InChI=1S/C22H27N3O3/c1-28-20-9-5-6-17(16-20)10-11-21(26)23-19-12-14-25(15-13-19)22(27)24-18-7-3-2-4-8-18/h2-9,16,19H,10-15H2,1H3,(H,23,26)(H,24,27). The smallest absolute Gasteiger partial charge is 0.321 e. The zero-order valence-electron chi connectivity index (χ0n) is 16.2. The second-order valence-corrected chi connectivity index (χ2v) is 6.98. The van der Waals surface area contributed by atoms with Crippen LogP contribution in [0.1, 0.15) is 24.8 Å². The van der Waals surface area contributed by atoms with Crippen LogP contribution in [0.3, 0.4) is 0 Å². The molecule has 6 nitrogen and oxygen atoms in total. The Balaban J connectivity index is 1.38. The number of urea groups is 1. The molecular formula is C22H27N3O3. The molecule has 1 fully saturated rings. The number of rotatable bonds is 6. The topological polar surface area (TPSA) is 70.7 Å². The lowest BCUT2D eigenvalue weighted by molar-refractivity contribution is -0.122. The van der Waals surface area contributed by atoms with Gasteiger partial charge in [0.1, 0.15) is 5.75 Å². The van der Waals surface area contributed by atoms with Crippen molar-refractivity contribution in [3.63, 3.8) is 0 Å². The number of nitrogens with zero attached hydrogens (tertiary/aromatic N) is 1. The molecular weight excluding hydrogens is 354 g/mol. The van der Waals surface area contributed by atoms with Gasteiger partial charge in [0, 0.05) is 31.2 Å². The molecule has 28 heavy (non-hydrogen) atoms. The molecule has 0 bridgehead atoms. The van der Waals surface area contributed by atoms with Gasteiger partial charge in [-0.05, 0) is 49.1 Å². The molecule has 0 saturated carbocycles. The third-order valence-corrected chi connectivity index (χ3v) is 4.95. The number of hydrogen-bond donors (Lipinski definition) is 2. The Kier molecular flexibility index (Phi) is 6.89. The zero-order chi connectivity index (χ0) is 19.8. The fourth-order valence-corrected chi connectivity index (χ4v) is 3.34. The SMILES string of the molecule is COc1cccc(CCC(=O)NC2CCN(C(=O)Nc3ccccc3)CC2)c1. The van der Waals surface area contributed by atoms with Crippen LogP contribution in [0.5, 0.6) is 5.75 Å². The highest BCUT2D eigenvalue weighted by Crippen LogP contribution is 2.15. The third kappa shape index (κ3) is 5.74. The molecule has 2 aromatic carbocycles. The van der Waals surface area contributed by atoms with Gasteiger partial charge in [0.2, 0.25) is 5.91 Å². The number of ether oxygens (including phenoxy) is 1. The fourth-order valence-electron chi connectivity index (χ4n) is 3.34. The molecule has 0 aliphatic carbocycles. The number of methoxy groups -OCH3 is 1. The van der Waals surface area contributed by atoms with Gasteiger partial charge in [-0.15, -0.1) is 0 Å². The van der Waals surface area contributed by atoms with Gasteiger partial charge in [-0.3, -0.25) is 4.79 Å². The van der Waals surface area contributed by atoms with Crippen LogP contribution >= 0.6 is 0 Å². The van der Waals surface area contributed by atoms with Crippen molar-refractivity contribution in [2.45, 2.75) is 31.7 Å². The van der Waals surface area contributed by atoms with E-state index in [1.165, 1.54) is 0 Å². The second-order valence-electron chi connectivity index (χ2n) is 6.98. The number of carbonyl (C=O) groups is 2. The number of carbonyl (C=O) groups excluding carboxylic acids is 2. The molecule has 0 unspecified atom stereocenters. The monoisotopic (exact) mass is 381 g/mol. The second kappa shape index (κ2) is 9.78. The number of piperidine rings is 1. The van der Waals surface area contributed by atoms with E-state index in [0.717, 1.165) is 29.8 Å². The van der Waals surface area contributed by atoms with Crippen molar-refractivity contribution in [1.82, 2.24) is 10.2 Å². The fraction of sp³-hybridized carbons (Fsp3) is 0.364. The molecule has 1 heterocycles. The molecule has 0 radical (unpaired) electrons. The molecule has 0 atom stereocenters. The van der Waals surface area contributed by atoms with Crippen LogP contribution in [0.15, 0.2) is 54.6 Å². The number of anilines is 1. The summed E-state index contributed by atoms with van der Waals surface area (Å²) in [6, 6.07) is 17.3. The first-order valence-corrected chi connectivity index (χ1v) is 9.67. The van der Waals surface area contributed by atoms with E-state index in [1.807, 2.05) is 54.6 Å². The summed E-state index contributed by atoms with van der Waals surface area (Å²) in [5, 5.41) is 6.00. The molecule has 2 aromatic rings. The van der Waals surface area contributed by atoms with Crippen molar-refractivity contribution in [2.24, 2.45) is 0 Å². The minimum absolute atomic E-state index is 0.0509. The van der Waals surface area contributed by atoms with E-state index in [0.29, 0.717) is 25.9 Å². The van der Waals surface area contributed by atoms with E-state index in [2.05, 4.69) is 10.6 Å². The van der Waals surface area contributed by atoms with E-state index in [1.54, 1.807) is 12.0 Å². The maximum absolute atomic E-state index is 12.3. The Morgan fingerprint density at radius 1 is 1.07 bits per heavy atom. The van der Waals surface area contributed by atoms with Crippen LogP contribution in [-0.4, -0.2) is 43.1 Å². The third-order valence-electron chi connectivity index (χ3n) is 4.95. The lowest BCUT2D eigenvalue weighted by atomic mass is 10.0. The highest BCUT2D eigenvalue weighted by Gasteiger charge is 2.23. The lowest BCUT2D eigenvalue weighted by Crippen LogP contribution is -2.47. The van der Waals surface area contributed by atoms with Crippen molar-refractivity contribution in [3.8, 4) is 5.75 Å². The summed E-state index contributed by atoms with van der Waals surface area (Å²) < 4.78 is 5.21. The number of nitrogens with one attached hydrogen (secondary N) is 2. The molecule has 3 rings (SSSR count). The first-order chi connectivity index (χ1) is 13.6. The van der Waals surface area contributed by atoms with Crippen LogP contribution in [0.4, 0.5) is 10.5 Å². The normalized spacial score (nSPS) is 14.4. The number of aryl methyl sites for hydroxylation is 1. The number of hydrogen-bond acceptors (Lipinski definition) is 3. The van der Waals surface area contributed by atoms with Crippen molar-refractivity contribution in [2.75, 3.05) is 25.5 Å². The first-order valence-electron chi connectivity index (χ1n) is 9.67. The minimum Gasteiger partial charge on any atom is -0.497 e. The van der Waals surface area contributed by atoms with Gasteiger partial charge in [0.25, 0.3) is 0 Å². The van der Waals surface area contributed by atoms with Gasteiger partial charge < -0.3 is 20.3 Å². The van der Waals surface area contributed by atoms with Crippen LogP contribution in [0, 0.1) is 0 Å². The van der Waals surface area contributed by atoms with Crippen molar-refractivity contribution < 1.29 is 14.3 Å². The molecule has 0 aromatic heterocycles. The number of benzene rings is 2. The maximum atomic E-state index is 12.3. The Labute approximate surface area is 165 Å². The predicted octanol–water partition coefficient (Wildman–Crippen LogP) is 3.44. The number of para-hydroxylation sites is 1. The first kappa shape index (κ1) is 19.7. The van der Waals surface area contributed by atoms with Gasteiger partial charge >= 0.3 is 6.03 Å². The zero-order valence-corrected chi connectivity index (χ0v) is 16.2. The van der Waals surface area contributed by atoms with E-state index in [4.69, 9.17) is 4.74 Å². The molecule has 2 N–H and O–H groups in total. The molecule has 6 heteroatoms. The highest BCUT2D eigenvalue weighted by molar-refractivity contribution is 5.89. The number of amides is 3. The summed E-state index contributed by atoms with van der Waals surface area (Å²) in [7, 11) is 1.64. The summed E-state index contributed by atoms with van der Waals surface area (Å²) in [6.07, 6.45) is 2.67. The van der Waals surface area contributed by atoms with E-state index in [9.17, 15) is 9.59 Å². The molecule has 1 saturated heterocycles. The van der Waals surface area contributed by atoms with E-state index >= 15 is 0 Å². The molecule has 1 aliphatic rings. The van der Waals surface area contributed by atoms with E-state index in [-0.39, 0.29) is 18.0 Å². The average Bonchev–Trinajstić information content (AvgIpc) is 2.73. The van der Waals surface area contributed by atoms with Crippen molar-refractivity contribution >= 4 is 17.6 Å². The summed E-state index contributed by atoms with van der Waals surface area (Å²) in [6.45, 7) is 1.28. The molecule has 1 aliphatic heterocycles. The van der Waals surface area contributed by atoms with Crippen LogP contribution in [0.2, 0.25) is 0 Å². The quantitative estimate of drug-likeness (QED) is 0.805. The average molecular weight is 381 g/mol. The van der Waals surface area contributed by atoms with E-state index < -0.39 is 0 Å². The molecule has 0 spiro atoms. The Hall–Kier alpha value is -3.02. The number of likely N-dealkylation sites (tertiary alicyclic amines) is 1. The van der Waals surface area contributed by atoms with Crippen LogP contribution in [0.25, 0.3) is 0 Å². The summed E-state index contributed by atoms with van der Waals surface area (Å²) >= 11 is 0. The van der Waals surface area contributed by atoms with Crippen molar-refractivity contribution in [3.05, 3.63) is 60.2 Å². The highest BCUT2D eigenvalue weighted by atomic mass is 16.5. The van der Waals surface area contributed by atoms with Crippen LogP contribution < -0.4 is 15.4 Å². The van der Waals surface area contributed by atoms with Gasteiger partial charge in [-0.25, -0.2) is 4.79 Å². The lowest BCUT2D eigenvalue weighted by Gasteiger charge is -2.32. The van der Waals surface area contributed by atoms with Crippen molar-refractivity contribution in [1.29, 1.82) is 0 Å². The van der Waals surface area contributed by atoms with Gasteiger partial charge in [-0.2, -0.15) is 0 Å². The Morgan fingerprint density at radius 3 is 2.54 bits per heavy atom. The summed E-state index contributed by atoms with van der Waals surface area (Å²) in [5.74, 6) is 0.856. The Bertz CT molecular complexity index is 787. The van der Waals surface area contributed by atoms with Gasteiger partial charge in [0.05, 0.1) is 7.11 Å². The Morgan fingerprint density at radius 2 is 1.82 bits per heavy atom. The maximum Gasteiger partial charge on any atom is 0.321 e. The molecule has 148 valence electrons. The minimum atomic E-state index is -0.0889. The van der Waals surface area contributed by atoms with Gasteiger partial charge in [-0.1, -0.05) is 30.3 Å².